The molecule has 0 N–H and O–H groups in total. The number of hydrogen-bond donors (Lipinski definition) is 0. The fraction of sp³-hybridized carbons (Fsp3) is 0.263. The van der Waals surface area contributed by atoms with Crippen LogP contribution in [0.3, 0.4) is 0 Å². The van der Waals surface area contributed by atoms with Crippen molar-refractivity contribution in [3.63, 3.8) is 0 Å². The number of pyridine rings is 1. The minimum atomic E-state index is -2.99. The summed E-state index contributed by atoms with van der Waals surface area (Å²) in [5.41, 5.74) is 1.13. The molecule has 0 radical (unpaired) electrons. The molecule has 0 bridgehead atoms. The fourth-order valence-electron chi connectivity index (χ4n) is 3.32. The van der Waals surface area contributed by atoms with Crippen molar-refractivity contribution in [2.45, 2.75) is 24.9 Å². The minimum Gasteiger partial charge on any atom is -0.321 e. The van der Waals surface area contributed by atoms with E-state index in [0.29, 0.717) is 12.4 Å². The van der Waals surface area contributed by atoms with E-state index in [2.05, 4.69) is 15.2 Å². The zero-order chi connectivity index (χ0) is 18.9. The summed E-state index contributed by atoms with van der Waals surface area (Å²) in [7, 11) is 0. The van der Waals surface area contributed by atoms with Gasteiger partial charge < -0.3 is 9.47 Å². The molecule has 0 spiro atoms. The van der Waals surface area contributed by atoms with E-state index in [9.17, 15) is 13.6 Å². The van der Waals surface area contributed by atoms with E-state index in [1.165, 1.54) is 18.6 Å². The lowest BCUT2D eigenvalue weighted by Gasteiger charge is -2.23. The van der Waals surface area contributed by atoms with E-state index >= 15 is 0 Å². The van der Waals surface area contributed by atoms with Gasteiger partial charge in [0, 0.05) is 12.6 Å². The number of likely N-dealkylation sites (tertiary alicyclic amines) is 1. The van der Waals surface area contributed by atoms with Crippen LogP contribution in [0, 0.1) is 0 Å². The maximum atomic E-state index is 14.2. The van der Waals surface area contributed by atoms with Crippen LogP contribution in [0.15, 0.2) is 61.1 Å². The van der Waals surface area contributed by atoms with Crippen LogP contribution in [-0.4, -0.2) is 43.0 Å². The van der Waals surface area contributed by atoms with Gasteiger partial charge >= 0.3 is 0 Å². The first-order chi connectivity index (χ1) is 13.0. The van der Waals surface area contributed by atoms with Crippen LogP contribution < -0.4 is 0 Å². The highest BCUT2D eigenvalue weighted by Crippen LogP contribution is 2.41. The van der Waals surface area contributed by atoms with Gasteiger partial charge in [-0.3, -0.25) is 9.78 Å². The maximum absolute atomic E-state index is 14.2. The highest BCUT2D eigenvalue weighted by Gasteiger charge is 2.49. The van der Waals surface area contributed by atoms with E-state index in [0.717, 1.165) is 10.5 Å². The zero-order valence-corrected chi connectivity index (χ0v) is 14.4. The Kier molecular flexibility index (Phi) is 4.39. The standard InChI is InChI=1S/C19H17F2N5O/c20-19(21)10-16(26(12-19)18(27)15-8-4-5-9-22-15)17-24-23-13-25(17)11-14-6-2-1-3-7-14/h1-9,13,16H,10-12H2/t16-/m0/s1. The smallest absolute Gasteiger partial charge is 0.273 e. The third kappa shape index (κ3) is 3.55. The van der Waals surface area contributed by atoms with Gasteiger partial charge in [0.15, 0.2) is 5.82 Å². The molecule has 0 saturated carbocycles. The average Bonchev–Trinajstić information content (AvgIpc) is 3.26. The van der Waals surface area contributed by atoms with Crippen molar-refractivity contribution >= 4 is 5.91 Å². The summed E-state index contributed by atoms with van der Waals surface area (Å²) in [4.78, 5) is 17.9. The van der Waals surface area contributed by atoms with Gasteiger partial charge in [-0.15, -0.1) is 10.2 Å². The molecule has 6 nitrogen and oxygen atoms in total. The van der Waals surface area contributed by atoms with Gasteiger partial charge in [-0.05, 0) is 17.7 Å². The Hall–Kier alpha value is -3.16. The van der Waals surface area contributed by atoms with Gasteiger partial charge in [0.2, 0.25) is 0 Å². The van der Waals surface area contributed by atoms with E-state index in [1.54, 1.807) is 16.7 Å². The number of carbonyl (C=O) groups is 1. The van der Waals surface area contributed by atoms with Crippen LogP contribution >= 0.6 is 0 Å². The van der Waals surface area contributed by atoms with Crippen LogP contribution in [0.1, 0.15) is 34.3 Å². The predicted molar refractivity (Wildman–Crippen MR) is 93.1 cm³/mol. The Morgan fingerprint density at radius 3 is 2.67 bits per heavy atom. The molecule has 1 aromatic carbocycles. The van der Waals surface area contributed by atoms with E-state index < -0.39 is 30.8 Å². The van der Waals surface area contributed by atoms with Crippen molar-refractivity contribution in [3.8, 4) is 0 Å². The van der Waals surface area contributed by atoms with Crippen LogP contribution in [0.25, 0.3) is 0 Å². The Morgan fingerprint density at radius 2 is 1.93 bits per heavy atom. The van der Waals surface area contributed by atoms with Crippen molar-refractivity contribution in [2.75, 3.05) is 6.54 Å². The minimum absolute atomic E-state index is 0.134. The molecular weight excluding hydrogens is 352 g/mol. The molecule has 1 aliphatic rings. The molecule has 3 heterocycles. The Morgan fingerprint density at radius 1 is 1.15 bits per heavy atom. The second-order valence-electron chi connectivity index (χ2n) is 6.53. The normalized spacial score (nSPS) is 18.6. The van der Waals surface area contributed by atoms with Crippen molar-refractivity contribution in [2.24, 2.45) is 0 Å². The van der Waals surface area contributed by atoms with Crippen LogP contribution in [0.5, 0.6) is 0 Å². The van der Waals surface area contributed by atoms with Gasteiger partial charge in [0.1, 0.15) is 12.0 Å². The molecule has 1 atom stereocenters. The molecule has 0 unspecified atom stereocenters. The molecule has 138 valence electrons. The molecule has 27 heavy (non-hydrogen) atoms. The first-order valence-electron chi connectivity index (χ1n) is 8.55. The van der Waals surface area contributed by atoms with Crippen molar-refractivity contribution in [3.05, 3.63) is 78.1 Å². The zero-order valence-electron chi connectivity index (χ0n) is 14.4. The molecule has 1 aliphatic heterocycles. The van der Waals surface area contributed by atoms with Crippen molar-refractivity contribution in [1.82, 2.24) is 24.6 Å². The van der Waals surface area contributed by atoms with E-state index in [1.807, 2.05) is 30.3 Å². The number of amides is 1. The summed E-state index contributed by atoms with van der Waals surface area (Å²) in [6, 6.07) is 13.6. The Labute approximate surface area is 154 Å². The van der Waals surface area contributed by atoms with Gasteiger partial charge in [0.25, 0.3) is 11.8 Å². The predicted octanol–water partition coefficient (Wildman–Crippen LogP) is 2.94. The maximum Gasteiger partial charge on any atom is 0.273 e. The third-order valence-electron chi connectivity index (χ3n) is 4.55. The molecule has 2 aromatic heterocycles. The topological polar surface area (TPSA) is 63.9 Å². The number of aromatic nitrogens is 4. The van der Waals surface area contributed by atoms with Crippen molar-refractivity contribution in [1.29, 1.82) is 0 Å². The number of hydrogen-bond acceptors (Lipinski definition) is 4. The molecule has 0 aliphatic carbocycles. The summed E-state index contributed by atoms with van der Waals surface area (Å²) in [6.07, 6.45) is 2.48. The SMILES string of the molecule is O=C(c1ccccn1)N1CC(F)(F)C[C@H]1c1nncn1Cc1ccccc1. The van der Waals surface area contributed by atoms with E-state index in [-0.39, 0.29) is 5.69 Å². The van der Waals surface area contributed by atoms with Gasteiger partial charge in [-0.1, -0.05) is 36.4 Å². The average molecular weight is 369 g/mol. The summed E-state index contributed by atoms with van der Waals surface area (Å²) in [6.45, 7) is -0.220. The largest absolute Gasteiger partial charge is 0.321 e. The fourth-order valence-corrected chi connectivity index (χ4v) is 3.32. The molecule has 3 aromatic rings. The first-order valence-corrected chi connectivity index (χ1v) is 8.55. The lowest BCUT2D eigenvalue weighted by Crippen LogP contribution is -2.34. The molecule has 1 fully saturated rings. The molecular formula is C19H17F2N5O. The summed E-state index contributed by atoms with van der Waals surface area (Å²) >= 11 is 0. The number of halogens is 2. The number of rotatable bonds is 4. The lowest BCUT2D eigenvalue weighted by molar-refractivity contribution is 0.0117. The monoisotopic (exact) mass is 369 g/mol. The van der Waals surface area contributed by atoms with Gasteiger partial charge in [0.05, 0.1) is 19.1 Å². The second-order valence-corrected chi connectivity index (χ2v) is 6.53. The van der Waals surface area contributed by atoms with Crippen LogP contribution in [0.4, 0.5) is 8.78 Å². The molecule has 4 rings (SSSR count). The van der Waals surface area contributed by atoms with Crippen LogP contribution in [-0.2, 0) is 6.54 Å². The van der Waals surface area contributed by atoms with Crippen molar-refractivity contribution < 1.29 is 13.6 Å². The molecule has 8 heteroatoms. The van der Waals surface area contributed by atoms with E-state index in [4.69, 9.17) is 0 Å². The Balaban J connectivity index is 1.65. The number of carbonyl (C=O) groups excluding carboxylic acids is 1. The number of nitrogens with zero attached hydrogens (tertiary/aromatic N) is 5. The number of alkyl halides is 2. The summed E-state index contributed by atoms with van der Waals surface area (Å²) < 4.78 is 30.1. The molecule has 1 amide bonds. The molecule has 1 saturated heterocycles. The second kappa shape index (κ2) is 6.86. The highest BCUT2D eigenvalue weighted by molar-refractivity contribution is 5.92. The first kappa shape index (κ1) is 17.3. The summed E-state index contributed by atoms with van der Waals surface area (Å²) in [5.74, 6) is -3.18. The highest BCUT2D eigenvalue weighted by atomic mass is 19.3. The van der Waals surface area contributed by atoms with Gasteiger partial charge in [-0.25, -0.2) is 8.78 Å². The van der Waals surface area contributed by atoms with Gasteiger partial charge in [-0.2, -0.15) is 0 Å². The number of benzene rings is 1. The van der Waals surface area contributed by atoms with Crippen LogP contribution in [0.2, 0.25) is 0 Å². The summed E-state index contributed by atoms with van der Waals surface area (Å²) in [5, 5.41) is 7.94. The lowest BCUT2D eigenvalue weighted by atomic mass is 10.1. The Bertz CT molecular complexity index is 930. The third-order valence-corrected chi connectivity index (χ3v) is 4.55. The quantitative estimate of drug-likeness (QED) is 0.709.